The van der Waals surface area contributed by atoms with E-state index in [1.165, 1.54) is 31.5 Å². The van der Waals surface area contributed by atoms with Crippen molar-refractivity contribution in [3.05, 3.63) is 26.6 Å². The van der Waals surface area contributed by atoms with E-state index < -0.39 is 0 Å². The number of hydrogen-bond donors (Lipinski definition) is 1. The first-order valence-electron chi connectivity index (χ1n) is 6.54. The van der Waals surface area contributed by atoms with Crippen LogP contribution in [0.25, 0.3) is 0 Å². The van der Waals surface area contributed by atoms with Crippen LogP contribution in [-0.2, 0) is 6.54 Å². The molecule has 3 nitrogen and oxygen atoms in total. The lowest BCUT2D eigenvalue weighted by atomic mass is 10.1. The second kappa shape index (κ2) is 7.07. The van der Waals surface area contributed by atoms with Crippen LogP contribution in [0.2, 0.25) is 0 Å². The molecule has 0 unspecified atom stereocenters. The van der Waals surface area contributed by atoms with Crippen molar-refractivity contribution in [3.8, 4) is 5.75 Å². The number of methoxy groups -OCH3 is 1. The molecule has 0 spiro atoms. The maximum atomic E-state index is 5.47. The van der Waals surface area contributed by atoms with Crippen molar-refractivity contribution in [1.82, 2.24) is 10.2 Å². The van der Waals surface area contributed by atoms with E-state index in [-0.39, 0.29) is 0 Å². The number of nitrogens with one attached hydrogen (secondary N) is 1. The van der Waals surface area contributed by atoms with Crippen molar-refractivity contribution in [3.63, 3.8) is 0 Å². The Kier molecular flexibility index (Phi) is 5.69. The number of hydrogen-bond acceptors (Lipinski definition) is 3. The molecule has 1 aliphatic rings. The number of rotatable bonds is 4. The van der Waals surface area contributed by atoms with E-state index in [2.05, 4.69) is 55.2 Å². The molecule has 0 radical (unpaired) electrons. The standard InChI is InChI=1S/C14H20Br2N2O/c1-18-5-3-12(4-6-18)17-9-10-7-11(15)8-13(16)14(10)19-2/h7-8,12,17H,3-6,9H2,1-2H3. The molecule has 0 aliphatic carbocycles. The first-order chi connectivity index (χ1) is 9.10. The van der Waals surface area contributed by atoms with E-state index in [4.69, 9.17) is 4.74 Å². The molecule has 0 bridgehead atoms. The lowest BCUT2D eigenvalue weighted by Gasteiger charge is -2.29. The van der Waals surface area contributed by atoms with Crippen molar-refractivity contribution in [1.29, 1.82) is 0 Å². The van der Waals surface area contributed by atoms with Crippen molar-refractivity contribution in [2.75, 3.05) is 27.2 Å². The number of piperidine rings is 1. The van der Waals surface area contributed by atoms with Crippen LogP contribution in [0.3, 0.4) is 0 Å². The van der Waals surface area contributed by atoms with Crippen molar-refractivity contribution < 1.29 is 4.74 Å². The average Bonchev–Trinajstić information content (AvgIpc) is 2.37. The van der Waals surface area contributed by atoms with Crippen molar-refractivity contribution >= 4 is 31.9 Å². The minimum absolute atomic E-state index is 0.610. The molecular formula is C14H20Br2N2O. The Morgan fingerprint density at radius 1 is 1.32 bits per heavy atom. The molecule has 5 heteroatoms. The SMILES string of the molecule is COc1c(Br)cc(Br)cc1CNC1CCN(C)CC1. The molecule has 1 N–H and O–H groups in total. The fourth-order valence-corrected chi connectivity index (χ4v) is 3.92. The van der Waals surface area contributed by atoms with Crippen LogP contribution in [0, 0.1) is 0 Å². The van der Waals surface area contributed by atoms with Crippen molar-refractivity contribution in [2.24, 2.45) is 0 Å². The maximum Gasteiger partial charge on any atom is 0.137 e. The van der Waals surface area contributed by atoms with Crippen LogP contribution in [0.5, 0.6) is 5.75 Å². The van der Waals surface area contributed by atoms with Crippen LogP contribution in [-0.4, -0.2) is 38.2 Å². The molecule has 0 amide bonds. The third-order valence-corrected chi connectivity index (χ3v) is 4.64. The summed E-state index contributed by atoms with van der Waals surface area (Å²) >= 11 is 7.07. The average molecular weight is 392 g/mol. The van der Waals surface area contributed by atoms with Gasteiger partial charge in [-0.05, 0) is 61.0 Å². The summed E-state index contributed by atoms with van der Waals surface area (Å²) in [6.07, 6.45) is 2.43. The minimum atomic E-state index is 0.610. The molecule has 1 saturated heterocycles. The van der Waals surface area contributed by atoms with Crippen LogP contribution in [0.4, 0.5) is 0 Å². The zero-order valence-corrected chi connectivity index (χ0v) is 14.6. The highest BCUT2D eigenvalue weighted by atomic mass is 79.9. The molecule has 2 rings (SSSR count). The predicted octanol–water partition coefficient (Wildman–Crippen LogP) is 3.40. The number of halogens is 2. The first-order valence-corrected chi connectivity index (χ1v) is 8.12. The van der Waals surface area contributed by atoms with Crippen molar-refractivity contribution in [2.45, 2.75) is 25.4 Å². The highest BCUT2D eigenvalue weighted by Crippen LogP contribution is 2.32. The number of ether oxygens (including phenoxy) is 1. The van der Waals surface area contributed by atoms with E-state index in [1.54, 1.807) is 7.11 Å². The van der Waals surface area contributed by atoms with Gasteiger partial charge < -0.3 is 15.0 Å². The summed E-state index contributed by atoms with van der Waals surface area (Å²) in [5, 5.41) is 3.64. The van der Waals surface area contributed by atoms with Gasteiger partial charge in [-0.15, -0.1) is 0 Å². The normalized spacial score (nSPS) is 17.7. The fourth-order valence-electron chi connectivity index (χ4n) is 2.44. The number of likely N-dealkylation sites (tertiary alicyclic amines) is 1. The Hall–Kier alpha value is -0.100. The van der Waals surface area contributed by atoms with Gasteiger partial charge in [0.05, 0.1) is 11.6 Å². The Morgan fingerprint density at radius 3 is 2.63 bits per heavy atom. The van der Waals surface area contributed by atoms with Crippen LogP contribution in [0.1, 0.15) is 18.4 Å². The molecule has 0 atom stereocenters. The highest BCUT2D eigenvalue weighted by molar-refractivity contribution is 9.11. The summed E-state index contributed by atoms with van der Waals surface area (Å²) in [7, 11) is 3.90. The largest absolute Gasteiger partial charge is 0.495 e. The summed E-state index contributed by atoms with van der Waals surface area (Å²) in [6, 6.07) is 4.74. The third-order valence-electron chi connectivity index (χ3n) is 3.59. The van der Waals surface area contributed by atoms with Gasteiger partial charge in [-0.3, -0.25) is 0 Å². The van der Waals surface area contributed by atoms with E-state index in [1.807, 2.05) is 6.07 Å². The Bertz CT molecular complexity index is 432. The predicted molar refractivity (Wildman–Crippen MR) is 85.8 cm³/mol. The number of benzene rings is 1. The Labute approximate surface area is 132 Å². The van der Waals surface area contributed by atoms with Gasteiger partial charge >= 0.3 is 0 Å². The van der Waals surface area contributed by atoms with Crippen LogP contribution in [0.15, 0.2) is 21.1 Å². The zero-order chi connectivity index (χ0) is 13.8. The monoisotopic (exact) mass is 390 g/mol. The van der Waals surface area contributed by atoms with Crippen LogP contribution >= 0.6 is 31.9 Å². The van der Waals surface area contributed by atoms with Gasteiger partial charge in [0.1, 0.15) is 5.75 Å². The van der Waals surface area contributed by atoms with Gasteiger partial charge in [0.2, 0.25) is 0 Å². The van der Waals surface area contributed by atoms with E-state index >= 15 is 0 Å². The lowest BCUT2D eigenvalue weighted by Crippen LogP contribution is -2.40. The maximum absolute atomic E-state index is 5.47. The summed E-state index contributed by atoms with van der Waals surface area (Å²) in [5.41, 5.74) is 1.18. The second-order valence-corrected chi connectivity index (χ2v) is 6.81. The van der Waals surface area contributed by atoms with Gasteiger partial charge in [0.25, 0.3) is 0 Å². The Balaban J connectivity index is 1.99. The topological polar surface area (TPSA) is 24.5 Å². The zero-order valence-electron chi connectivity index (χ0n) is 11.4. The summed E-state index contributed by atoms with van der Waals surface area (Å²) in [5.74, 6) is 0.920. The van der Waals surface area contributed by atoms with E-state index in [0.29, 0.717) is 6.04 Å². The lowest BCUT2D eigenvalue weighted by molar-refractivity contribution is 0.233. The third kappa shape index (κ3) is 4.18. The molecule has 1 fully saturated rings. The summed E-state index contributed by atoms with van der Waals surface area (Å²) in [6.45, 7) is 3.20. The van der Waals surface area contributed by atoms with Gasteiger partial charge in [-0.25, -0.2) is 0 Å². The van der Waals surface area contributed by atoms with E-state index in [0.717, 1.165) is 21.2 Å². The molecule has 1 aliphatic heterocycles. The number of nitrogens with zero attached hydrogens (tertiary/aromatic N) is 1. The van der Waals surface area contributed by atoms with Gasteiger partial charge in [0.15, 0.2) is 0 Å². The molecule has 1 heterocycles. The summed E-state index contributed by atoms with van der Waals surface area (Å²) < 4.78 is 7.53. The molecular weight excluding hydrogens is 372 g/mol. The quantitative estimate of drug-likeness (QED) is 0.851. The minimum Gasteiger partial charge on any atom is -0.495 e. The molecule has 19 heavy (non-hydrogen) atoms. The first kappa shape index (κ1) is 15.3. The molecule has 0 aromatic heterocycles. The van der Waals surface area contributed by atoms with Gasteiger partial charge in [-0.2, -0.15) is 0 Å². The molecule has 1 aromatic rings. The van der Waals surface area contributed by atoms with Gasteiger partial charge in [-0.1, -0.05) is 15.9 Å². The second-order valence-electron chi connectivity index (χ2n) is 5.04. The molecule has 0 saturated carbocycles. The fraction of sp³-hybridized carbons (Fsp3) is 0.571. The highest BCUT2D eigenvalue weighted by Gasteiger charge is 2.17. The smallest absolute Gasteiger partial charge is 0.137 e. The summed E-state index contributed by atoms with van der Waals surface area (Å²) in [4.78, 5) is 2.38. The molecule has 1 aromatic carbocycles. The van der Waals surface area contributed by atoms with Crippen LogP contribution < -0.4 is 10.1 Å². The van der Waals surface area contributed by atoms with E-state index in [9.17, 15) is 0 Å². The Morgan fingerprint density at radius 2 is 2.00 bits per heavy atom. The molecule has 106 valence electrons. The van der Waals surface area contributed by atoms with Gasteiger partial charge in [0, 0.05) is 22.6 Å².